The minimum Gasteiger partial charge on any atom is -0.378 e. The fourth-order valence-corrected chi connectivity index (χ4v) is 2.53. The van der Waals surface area contributed by atoms with Gasteiger partial charge in [-0.25, -0.2) is 0 Å². The van der Waals surface area contributed by atoms with E-state index in [1.54, 1.807) is 0 Å². The summed E-state index contributed by atoms with van der Waals surface area (Å²) in [4.78, 5) is 2.50. The molecule has 17 heavy (non-hydrogen) atoms. The molecule has 0 unspecified atom stereocenters. The van der Waals surface area contributed by atoms with Crippen LogP contribution in [0.25, 0.3) is 0 Å². The number of morpholine rings is 1. The maximum Gasteiger partial charge on any atom is 0.0678 e. The van der Waals surface area contributed by atoms with Crippen LogP contribution in [0, 0.1) is 0 Å². The van der Waals surface area contributed by atoms with Crippen LogP contribution in [-0.2, 0) is 9.47 Å². The van der Waals surface area contributed by atoms with E-state index >= 15 is 0 Å². The summed E-state index contributed by atoms with van der Waals surface area (Å²) in [7, 11) is 0. The third kappa shape index (κ3) is 5.84. The molecule has 1 rings (SSSR count). The van der Waals surface area contributed by atoms with Crippen LogP contribution in [0.3, 0.4) is 0 Å². The first-order valence-corrected chi connectivity index (χ1v) is 7.15. The average molecular weight is 243 g/mol. The Morgan fingerprint density at radius 1 is 1.18 bits per heavy atom. The van der Waals surface area contributed by atoms with Crippen molar-refractivity contribution in [2.24, 2.45) is 0 Å². The van der Waals surface area contributed by atoms with Gasteiger partial charge in [-0.3, -0.25) is 4.90 Å². The van der Waals surface area contributed by atoms with Gasteiger partial charge in [0.05, 0.1) is 18.3 Å². The number of ether oxygens (including phenoxy) is 2. The molecule has 3 heteroatoms. The Morgan fingerprint density at radius 2 is 1.76 bits per heavy atom. The highest BCUT2D eigenvalue weighted by Crippen LogP contribution is 2.11. The van der Waals surface area contributed by atoms with Crippen molar-refractivity contribution in [3.63, 3.8) is 0 Å². The third-order valence-corrected chi connectivity index (χ3v) is 3.38. The highest BCUT2D eigenvalue weighted by molar-refractivity contribution is 4.72. The van der Waals surface area contributed by atoms with Crippen molar-refractivity contribution >= 4 is 0 Å². The molecule has 0 aliphatic carbocycles. The molecule has 0 bridgehead atoms. The fraction of sp³-hybridized carbons (Fsp3) is 1.00. The number of hydrogen-bond donors (Lipinski definition) is 0. The van der Waals surface area contributed by atoms with Gasteiger partial charge in [0.2, 0.25) is 0 Å². The molecule has 1 heterocycles. The smallest absolute Gasteiger partial charge is 0.0678 e. The topological polar surface area (TPSA) is 21.7 Å². The number of rotatable bonds is 7. The molecule has 0 spiro atoms. The van der Waals surface area contributed by atoms with Gasteiger partial charge < -0.3 is 9.47 Å². The predicted molar refractivity (Wildman–Crippen MR) is 71.4 cm³/mol. The van der Waals surface area contributed by atoms with E-state index in [2.05, 4.69) is 32.6 Å². The van der Waals surface area contributed by atoms with E-state index in [-0.39, 0.29) is 0 Å². The van der Waals surface area contributed by atoms with E-state index < -0.39 is 0 Å². The monoisotopic (exact) mass is 243 g/mol. The van der Waals surface area contributed by atoms with Crippen LogP contribution >= 0.6 is 0 Å². The largest absolute Gasteiger partial charge is 0.378 e. The zero-order chi connectivity index (χ0) is 12.7. The predicted octanol–water partition coefficient (Wildman–Crippen LogP) is 2.69. The first-order valence-electron chi connectivity index (χ1n) is 7.15. The van der Waals surface area contributed by atoms with Crippen LogP contribution in [-0.4, -0.2) is 49.5 Å². The first kappa shape index (κ1) is 14.9. The lowest BCUT2D eigenvalue weighted by molar-refractivity contribution is -0.0702. The number of nitrogens with zero attached hydrogens (tertiary/aromatic N) is 1. The second kappa shape index (κ2) is 8.06. The van der Waals surface area contributed by atoms with Gasteiger partial charge in [0.1, 0.15) is 0 Å². The highest BCUT2D eigenvalue weighted by atomic mass is 16.5. The van der Waals surface area contributed by atoms with Gasteiger partial charge in [-0.15, -0.1) is 0 Å². The summed E-state index contributed by atoms with van der Waals surface area (Å²) >= 11 is 0. The second-order valence-corrected chi connectivity index (χ2v) is 5.18. The fourth-order valence-electron chi connectivity index (χ4n) is 2.53. The van der Waals surface area contributed by atoms with Crippen molar-refractivity contribution in [1.82, 2.24) is 4.90 Å². The molecular formula is C14H29NO2. The molecule has 2 atom stereocenters. The van der Waals surface area contributed by atoms with Gasteiger partial charge in [0.25, 0.3) is 0 Å². The molecule has 0 saturated carbocycles. The molecule has 0 radical (unpaired) electrons. The summed E-state index contributed by atoms with van der Waals surface area (Å²) in [5.41, 5.74) is 0. The zero-order valence-corrected chi connectivity index (χ0v) is 11.9. The van der Waals surface area contributed by atoms with Gasteiger partial charge in [-0.05, 0) is 33.1 Å². The summed E-state index contributed by atoms with van der Waals surface area (Å²) in [6, 6.07) is 0. The van der Waals surface area contributed by atoms with E-state index in [9.17, 15) is 0 Å². The standard InChI is InChI=1S/C14H29NO2/c1-5-14(6-2)16-9-7-8-15-10-12(3)17-13(4)11-15/h12-14H,5-11H2,1-4H3/t12-,13+. The van der Waals surface area contributed by atoms with Crippen molar-refractivity contribution in [3.8, 4) is 0 Å². The maximum atomic E-state index is 5.83. The van der Waals surface area contributed by atoms with Gasteiger partial charge >= 0.3 is 0 Å². The van der Waals surface area contributed by atoms with Gasteiger partial charge in [-0.1, -0.05) is 13.8 Å². The Balaban J connectivity index is 2.09. The summed E-state index contributed by atoms with van der Waals surface area (Å²) in [5, 5.41) is 0. The molecule has 1 fully saturated rings. The van der Waals surface area contributed by atoms with Crippen LogP contribution in [0.4, 0.5) is 0 Å². The first-order chi connectivity index (χ1) is 8.15. The van der Waals surface area contributed by atoms with Gasteiger partial charge in [0.15, 0.2) is 0 Å². The molecule has 0 aromatic carbocycles. The Kier molecular flexibility index (Phi) is 7.09. The van der Waals surface area contributed by atoms with Crippen molar-refractivity contribution in [2.45, 2.75) is 65.3 Å². The van der Waals surface area contributed by atoms with Gasteiger partial charge in [0, 0.05) is 26.2 Å². The van der Waals surface area contributed by atoms with Crippen LogP contribution in [0.2, 0.25) is 0 Å². The summed E-state index contributed by atoms with van der Waals surface area (Å²) in [5.74, 6) is 0. The average Bonchev–Trinajstić information content (AvgIpc) is 2.28. The lowest BCUT2D eigenvalue weighted by Gasteiger charge is -2.35. The summed E-state index contributed by atoms with van der Waals surface area (Å²) in [6.45, 7) is 12.9. The minimum atomic E-state index is 0.374. The van der Waals surface area contributed by atoms with Crippen molar-refractivity contribution in [1.29, 1.82) is 0 Å². The molecule has 1 saturated heterocycles. The van der Waals surface area contributed by atoms with Crippen LogP contribution in [0.1, 0.15) is 47.0 Å². The molecule has 3 nitrogen and oxygen atoms in total. The molecule has 0 aromatic heterocycles. The molecule has 102 valence electrons. The summed E-state index contributed by atoms with van der Waals surface area (Å²) in [6.07, 6.45) is 4.59. The zero-order valence-electron chi connectivity index (χ0n) is 11.9. The maximum absolute atomic E-state index is 5.83. The van der Waals surface area contributed by atoms with E-state index in [1.807, 2.05) is 0 Å². The van der Waals surface area contributed by atoms with E-state index in [0.29, 0.717) is 18.3 Å². The van der Waals surface area contributed by atoms with Crippen molar-refractivity contribution in [2.75, 3.05) is 26.2 Å². The Labute approximate surface area is 106 Å². The van der Waals surface area contributed by atoms with Crippen LogP contribution in [0.15, 0.2) is 0 Å². The normalized spacial score (nSPS) is 26.6. The van der Waals surface area contributed by atoms with E-state index in [4.69, 9.17) is 9.47 Å². The van der Waals surface area contributed by atoms with Crippen LogP contribution < -0.4 is 0 Å². The molecular weight excluding hydrogens is 214 g/mol. The Morgan fingerprint density at radius 3 is 2.29 bits per heavy atom. The molecule has 1 aliphatic rings. The van der Waals surface area contributed by atoms with Gasteiger partial charge in [-0.2, -0.15) is 0 Å². The molecule has 0 N–H and O–H groups in total. The lowest BCUT2D eigenvalue weighted by atomic mass is 10.2. The lowest BCUT2D eigenvalue weighted by Crippen LogP contribution is -2.45. The van der Waals surface area contributed by atoms with Crippen molar-refractivity contribution in [3.05, 3.63) is 0 Å². The second-order valence-electron chi connectivity index (χ2n) is 5.18. The Bertz CT molecular complexity index is 185. The Hall–Kier alpha value is -0.120. The highest BCUT2D eigenvalue weighted by Gasteiger charge is 2.21. The molecule has 0 amide bonds. The number of hydrogen-bond acceptors (Lipinski definition) is 3. The molecule has 1 aliphatic heterocycles. The van der Waals surface area contributed by atoms with E-state index in [0.717, 1.165) is 45.5 Å². The third-order valence-electron chi connectivity index (χ3n) is 3.38. The minimum absolute atomic E-state index is 0.374. The van der Waals surface area contributed by atoms with E-state index in [1.165, 1.54) is 0 Å². The quantitative estimate of drug-likeness (QED) is 0.642. The molecule has 0 aromatic rings. The van der Waals surface area contributed by atoms with Crippen molar-refractivity contribution < 1.29 is 9.47 Å². The van der Waals surface area contributed by atoms with Crippen LogP contribution in [0.5, 0.6) is 0 Å². The summed E-state index contributed by atoms with van der Waals surface area (Å²) < 4.78 is 11.6. The SMILES string of the molecule is CCC(CC)OCCCN1C[C@@H](C)O[C@@H](C)C1.